The second-order valence-electron chi connectivity index (χ2n) is 5.49. The molecule has 0 bridgehead atoms. The zero-order valence-corrected chi connectivity index (χ0v) is 14.7. The lowest BCUT2D eigenvalue weighted by molar-refractivity contribution is -0.138. The largest absolute Gasteiger partial charge is 0.481 e. The van der Waals surface area contributed by atoms with Crippen LogP contribution >= 0.6 is 0 Å². The first kappa shape index (κ1) is 18.3. The van der Waals surface area contributed by atoms with Crippen LogP contribution in [0.1, 0.15) is 16.7 Å². The first-order valence-corrected chi connectivity index (χ1v) is 7.51. The van der Waals surface area contributed by atoms with Crippen LogP contribution in [0.3, 0.4) is 0 Å². The van der Waals surface area contributed by atoms with Gasteiger partial charge in [-0.1, -0.05) is 0 Å². The van der Waals surface area contributed by atoms with Crippen LogP contribution < -0.4 is 15.4 Å². The molecular weight excluding hydrogens is 328 g/mol. The Morgan fingerprint density at radius 1 is 1.12 bits per heavy atom. The van der Waals surface area contributed by atoms with Gasteiger partial charge in [0.25, 0.3) is 5.91 Å². The standard InChI is InChI=1S/C17H20N2O6/c1-8-9(2)16-15(19-12(20)7-25-16)10(3)14(8)18-11(17(22)24-5)6-13(21)23-4/h6,18H,7H2,1-5H3,(H,19,20)/b11-6+. The Balaban J connectivity index is 2.54. The molecule has 0 saturated carbocycles. The van der Waals surface area contributed by atoms with Crippen molar-refractivity contribution in [3.63, 3.8) is 0 Å². The maximum absolute atomic E-state index is 12.0. The van der Waals surface area contributed by atoms with Crippen molar-refractivity contribution in [1.29, 1.82) is 0 Å². The van der Waals surface area contributed by atoms with E-state index in [2.05, 4.69) is 15.4 Å². The summed E-state index contributed by atoms with van der Waals surface area (Å²) in [7, 11) is 2.42. The Hall–Kier alpha value is -3.03. The molecule has 0 radical (unpaired) electrons. The molecule has 8 nitrogen and oxygen atoms in total. The summed E-state index contributed by atoms with van der Waals surface area (Å²) in [6, 6.07) is 0. The van der Waals surface area contributed by atoms with Crippen LogP contribution in [0.4, 0.5) is 11.4 Å². The van der Waals surface area contributed by atoms with Gasteiger partial charge in [-0.15, -0.1) is 0 Å². The van der Waals surface area contributed by atoms with E-state index < -0.39 is 11.9 Å². The van der Waals surface area contributed by atoms with Crippen LogP contribution in [-0.2, 0) is 23.9 Å². The van der Waals surface area contributed by atoms with Gasteiger partial charge in [0, 0.05) is 11.3 Å². The number of fused-ring (bicyclic) bond motifs is 1. The number of methoxy groups -OCH3 is 2. The van der Waals surface area contributed by atoms with E-state index in [1.807, 2.05) is 13.8 Å². The fourth-order valence-corrected chi connectivity index (χ4v) is 2.52. The quantitative estimate of drug-likeness (QED) is 0.629. The van der Waals surface area contributed by atoms with E-state index in [1.54, 1.807) is 6.92 Å². The average molecular weight is 348 g/mol. The highest BCUT2D eigenvalue weighted by molar-refractivity contribution is 6.01. The van der Waals surface area contributed by atoms with Crippen molar-refractivity contribution in [2.75, 3.05) is 31.5 Å². The van der Waals surface area contributed by atoms with Crippen molar-refractivity contribution in [3.05, 3.63) is 28.5 Å². The summed E-state index contributed by atoms with van der Waals surface area (Å²) in [6.07, 6.45) is 1.01. The van der Waals surface area contributed by atoms with Gasteiger partial charge in [0.15, 0.2) is 6.61 Å². The topological polar surface area (TPSA) is 103 Å². The molecule has 2 rings (SSSR count). The molecule has 1 aromatic rings. The molecular formula is C17H20N2O6. The minimum absolute atomic E-state index is 0.0465. The highest BCUT2D eigenvalue weighted by atomic mass is 16.5. The van der Waals surface area contributed by atoms with Gasteiger partial charge < -0.3 is 24.8 Å². The number of carbonyl (C=O) groups is 3. The van der Waals surface area contributed by atoms with E-state index in [1.165, 1.54) is 14.2 Å². The third-order valence-corrected chi connectivity index (χ3v) is 4.00. The first-order chi connectivity index (χ1) is 11.8. The van der Waals surface area contributed by atoms with E-state index in [0.29, 0.717) is 22.7 Å². The third-order valence-electron chi connectivity index (χ3n) is 4.00. The number of hydrogen-bond acceptors (Lipinski definition) is 7. The lowest BCUT2D eigenvalue weighted by Gasteiger charge is -2.26. The number of hydrogen-bond donors (Lipinski definition) is 2. The Morgan fingerprint density at radius 2 is 1.80 bits per heavy atom. The van der Waals surface area contributed by atoms with E-state index in [0.717, 1.165) is 17.2 Å². The predicted molar refractivity (Wildman–Crippen MR) is 90.5 cm³/mol. The van der Waals surface area contributed by atoms with Crippen molar-refractivity contribution in [1.82, 2.24) is 0 Å². The van der Waals surface area contributed by atoms with E-state index >= 15 is 0 Å². The molecule has 1 aromatic carbocycles. The summed E-state index contributed by atoms with van der Waals surface area (Å²) in [5, 5.41) is 5.69. The molecule has 134 valence electrons. The van der Waals surface area contributed by atoms with E-state index in [-0.39, 0.29) is 18.2 Å². The van der Waals surface area contributed by atoms with E-state index in [4.69, 9.17) is 9.47 Å². The molecule has 0 fully saturated rings. The van der Waals surface area contributed by atoms with Gasteiger partial charge in [-0.2, -0.15) is 0 Å². The molecule has 1 amide bonds. The van der Waals surface area contributed by atoms with Gasteiger partial charge in [-0.3, -0.25) is 4.79 Å². The molecule has 25 heavy (non-hydrogen) atoms. The zero-order valence-electron chi connectivity index (χ0n) is 14.7. The van der Waals surface area contributed by atoms with Crippen molar-refractivity contribution in [2.24, 2.45) is 0 Å². The van der Waals surface area contributed by atoms with Crippen molar-refractivity contribution in [3.8, 4) is 5.75 Å². The Morgan fingerprint density at radius 3 is 2.40 bits per heavy atom. The number of benzene rings is 1. The molecule has 0 atom stereocenters. The fourth-order valence-electron chi connectivity index (χ4n) is 2.52. The molecule has 0 spiro atoms. The Bertz CT molecular complexity index is 782. The number of esters is 2. The lowest BCUT2D eigenvalue weighted by Crippen LogP contribution is -2.27. The number of nitrogens with one attached hydrogen (secondary N) is 2. The second-order valence-corrected chi connectivity index (χ2v) is 5.49. The van der Waals surface area contributed by atoms with Crippen LogP contribution in [-0.4, -0.2) is 38.7 Å². The van der Waals surface area contributed by atoms with Crippen LogP contribution in [0.2, 0.25) is 0 Å². The van der Waals surface area contributed by atoms with Crippen LogP contribution in [0.5, 0.6) is 5.75 Å². The molecule has 2 N–H and O–H groups in total. The summed E-state index contributed by atoms with van der Waals surface area (Å²) in [5.74, 6) is -1.09. The summed E-state index contributed by atoms with van der Waals surface area (Å²) >= 11 is 0. The first-order valence-electron chi connectivity index (χ1n) is 7.51. The maximum atomic E-state index is 12.0. The predicted octanol–water partition coefficient (Wildman–Crippen LogP) is 1.58. The van der Waals surface area contributed by atoms with Crippen LogP contribution in [0.15, 0.2) is 11.8 Å². The van der Waals surface area contributed by atoms with Gasteiger partial charge in [-0.25, -0.2) is 9.59 Å². The average Bonchev–Trinajstić information content (AvgIpc) is 2.61. The number of anilines is 2. The number of amides is 1. The van der Waals surface area contributed by atoms with Crippen LogP contribution in [0, 0.1) is 20.8 Å². The van der Waals surface area contributed by atoms with E-state index in [9.17, 15) is 14.4 Å². The number of ether oxygens (including phenoxy) is 3. The van der Waals surface area contributed by atoms with Crippen molar-refractivity contribution < 1.29 is 28.6 Å². The van der Waals surface area contributed by atoms with Gasteiger partial charge in [-0.05, 0) is 31.9 Å². The molecule has 0 aromatic heterocycles. The minimum atomic E-state index is -0.722. The van der Waals surface area contributed by atoms with Crippen molar-refractivity contribution >= 4 is 29.2 Å². The molecule has 1 aliphatic heterocycles. The molecule has 0 aliphatic carbocycles. The second kappa shape index (κ2) is 7.25. The Labute approximate surface area is 145 Å². The summed E-state index contributed by atoms with van der Waals surface area (Å²) < 4.78 is 14.8. The van der Waals surface area contributed by atoms with Crippen molar-refractivity contribution in [2.45, 2.75) is 20.8 Å². The van der Waals surface area contributed by atoms with Crippen LogP contribution in [0.25, 0.3) is 0 Å². The smallest absolute Gasteiger partial charge is 0.354 e. The summed E-state index contributed by atoms with van der Waals surface area (Å²) in [4.78, 5) is 35.1. The highest BCUT2D eigenvalue weighted by Gasteiger charge is 2.25. The number of carbonyl (C=O) groups excluding carboxylic acids is 3. The molecule has 1 heterocycles. The molecule has 0 saturated heterocycles. The monoisotopic (exact) mass is 348 g/mol. The molecule has 1 aliphatic rings. The SMILES string of the molecule is COC(=O)/C=C(/Nc1c(C)c(C)c2c(c1C)NC(=O)CO2)C(=O)OC. The zero-order chi connectivity index (χ0) is 18.7. The normalized spacial score (nSPS) is 13.3. The summed E-state index contributed by atoms with van der Waals surface area (Å²) in [6.45, 7) is 5.42. The fraction of sp³-hybridized carbons (Fsp3) is 0.353. The van der Waals surface area contributed by atoms with Gasteiger partial charge in [0.1, 0.15) is 11.4 Å². The Kier molecular flexibility index (Phi) is 5.31. The maximum Gasteiger partial charge on any atom is 0.354 e. The van der Waals surface area contributed by atoms with Gasteiger partial charge in [0.2, 0.25) is 0 Å². The highest BCUT2D eigenvalue weighted by Crippen LogP contribution is 2.42. The van der Waals surface area contributed by atoms with Gasteiger partial charge >= 0.3 is 11.9 Å². The summed E-state index contributed by atoms with van der Waals surface area (Å²) in [5.41, 5.74) is 3.32. The third kappa shape index (κ3) is 3.57. The molecule has 8 heteroatoms. The van der Waals surface area contributed by atoms with Gasteiger partial charge in [0.05, 0.1) is 26.0 Å². The number of rotatable bonds is 4. The lowest BCUT2D eigenvalue weighted by atomic mass is 9.98. The minimum Gasteiger partial charge on any atom is -0.481 e. The molecule has 0 unspecified atom stereocenters.